The highest BCUT2D eigenvalue weighted by Crippen LogP contribution is 2.25. The van der Waals surface area contributed by atoms with E-state index in [1.165, 1.54) is 18.3 Å². The van der Waals surface area contributed by atoms with Crippen molar-refractivity contribution in [2.75, 3.05) is 6.61 Å². The molecule has 138 valence electrons. The summed E-state index contributed by atoms with van der Waals surface area (Å²) in [6.07, 6.45) is 0.395. The van der Waals surface area contributed by atoms with Gasteiger partial charge < -0.3 is 10.1 Å². The molecule has 0 spiro atoms. The number of Topliss-reactive ketones (excluding diaryl/α,β-unsaturated/α-hetero) is 1. The molecule has 0 fully saturated rings. The van der Waals surface area contributed by atoms with Crippen molar-refractivity contribution in [1.82, 2.24) is 5.32 Å². The van der Waals surface area contributed by atoms with E-state index in [4.69, 9.17) is 4.74 Å². The lowest BCUT2D eigenvalue weighted by Gasteiger charge is -2.16. The first-order valence-corrected chi connectivity index (χ1v) is 9.34. The number of hydrogen-bond donors (Lipinski definition) is 1. The summed E-state index contributed by atoms with van der Waals surface area (Å²) >= 11 is 1.32. The number of hydrogen-bond acceptors (Lipinski definition) is 5. The van der Waals surface area contributed by atoms with Crippen molar-refractivity contribution in [3.8, 4) is 0 Å². The number of amides is 1. The summed E-state index contributed by atoms with van der Waals surface area (Å²) in [4.78, 5) is 36.6. The highest BCUT2D eigenvalue weighted by molar-refractivity contribution is 7.20. The second-order valence-electron chi connectivity index (χ2n) is 6.15. The molecule has 0 aliphatic heterocycles. The van der Waals surface area contributed by atoms with Crippen LogP contribution in [0.15, 0.2) is 60.7 Å². The van der Waals surface area contributed by atoms with E-state index in [-0.39, 0.29) is 5.78 Å². The summed E-state index contributed by atoms with van der Waals surface area (Å²) in [5, 5.41) is 3.59. The molecule has 1 N–H and O–H groups in total. The Balaban J connectivity index is 1.55. The molecule has 6 heteroatoms. The van der Waals surface area contributed by atoms with E-state index in [0.29, 0.717) is 11.3 Å². The summed E-state index contributed by atoms with van der Waals surface area (Å²) < 4.78 is 6.08. The molecule has 1 aromatic heterocycles. The molecule has 3 aromatic rings. The molecule has 1 heterocycles. The Hall–Kier alpha value is -2.99. The molecule has 3 rings (SSSR count). The van der Waals surface area contributed by atoms with E-state index >= 15 is 0 Å². The largest absolute Gasteiger partial charge is 0.451 e. The number of ether oxygens (including phenoxy) is 1. The van der Waals surface area contributed by atoms with Gasteiger partial charge in [0.1, 0.15) is 4.88 Å². The Bertz CT molecular complexity index is 931. The highest BCUT2D eigenvalue weighted by atomic mass is 32.1. The SMILES string of the molecule is CC(=O)[C@H](Cc1ccccc1)NC(=O)COC(=O)c1cc2ccccc2s1. The van der Waals surface area contributed by atoms with Gasteiger partial charge in [-0.15, -0.1) is 11.3 Å². The van der Waals surface area contributed by atoms with E-state index in [1.807, 2.05) is 54.6 Å². The minimum atomic E-state index is -0.650. The number of thiophene rings is 1. The summed E-state index contributed by atoms with van der Waals surface area (Å²) in [6.45, 7) is 1.00. The van der Waals surface area contributed by atoms with Crippen molar-refractivity contribution in [3.05, 3.63) is 71.1 Å². The molecule has 1 atom stereocenters. The minimum absolute atomic E-state index is 0.150. The van der Waals surface area contributed by atoms with Gasteiger partial charge in [0.2, 0.25) is 0 Å². The van der Waals surface area contributed by atoms with Crippen LogP contribution in [0.25, 0.3) is 10.1 Å². The molecule has 2 aromatic carbocycles. The van der Waals surface area contributed by atoms with Gasteiger partial charge in [0.05, 0.1) is 6.04 Å². The van der Waals surface area contributed by atoms with Crippen LogP contribution in [-0.4, -0.2) is 30.3 Å². The molecule has 0 unspecified atom stereocenters. The fourth-order valence-electron chi connectivity index (χ4n) is 2.67. The number of rotatable bonds is 7. The van der Waals surface area contributed by atoms with Gasteiger partial charge in [0.15, 0.2) is 12.4 Å². The predicted octanol–water partition coefficient (Wildman–Crippen LogP) is 3.37. The number of fused-ring (bicyclic) bond motifs is 1. The Morgan fingerprint density at radius 3 is 2.44 bits per heavy atom. The molecule has 1 amide bonds. The first kappa shape index (κ1) is 18.8. The van der Waals surface area contributed by atoms with Gasteiger partial charge >= 0.3 is 5.97 Å². The van der Waals surface area contributed by atoms with Crippen molar-refractivity contribution in [3.63, 3.8) is 0 Å². The quantitative estimate of drug-likeness (QED) is 0.637. The van der Waals surface area contributed by atoms with Crippen LogP contribution in [0.5, 0.6) is 0 Å². The third kappa shape index (κ3) is 5.01. The molecule has 0 bridgehead atoms. The van der Waals surface area contributed by atoms with Gasteiger partial charge in [-0.25, -0.2) is 4.79 Å². The molecule has 0 aliphatic carbocycles. The third-order valence-corrected chi connectivity index (χ3v) is 5.17. The van der Waals surface area contributed by atoms with E-state index in [2.05, 4.69) is 5.32 Å². The van der Waals surface area contributed by atoms with Crippen LogP contribution in [0.3, 0.4) is 0 Å². The first-order chi connectivity index (χ1) is 13.0. The molecule has 0 aliphatic rings. The van der Waals surface area contributed by atoms with Crippen molar-refractivity contribution in [2.24, 2.45) is 0 Å². The third-order valence-electron chi connectivity index (χ3n) is 4.07. The number of carbonyl (C=O) groups excluding carboxylic acids is 3. The van der Waals surface area contributed by atoms with Crippen LogP contribution in [0.4, 0.5) is 0 Å². The molecular formula is C21H19NO4S. The fourth-order valence-corrected chi connectivity index (χ4v) is 3.62. The van der Waals surface area contributed by atoms with Crippen molar-refractivity contribution >= 4 is 39.1 Å². The van der Waals surface area contributed by atoms with Crippen LogP contribution in [0, 0.1) is 0 Å². The Labute approximate surface area is 161 Å². The molecule has 0 saturated heterocycles. The number of nitrogens with one attached hydrogen (secondary N) is 1. The van der Waals surface area contributed by atoms with Crippen LogP contribution < -0.4 is 5.32 Å². The van der Waals surface area contributed by atoms with E-state index < -0.39 is 24.5 Å². The van der Waals surface area contributed by atoms with Crippen LogP contribution in [0.2, 0.25) is 0 Å². The second kappa shape index (κ2) is 8.60. The van der Waals surface area contributed by atoms with Gasteiger partial charge in [0, 0.05) is 4.70 Å². The Morgan fingerprint density at radius 2 is 1.74 bits per heavy atom. The molecule has 0 radical (unpaired) electrons. The first-order valence-electron chi connectivity index (χ1n) is 8.52. The lowest BCUT2D eigenvalue weighted by atomic mass is 10.0. The number of benzene rings is 2. The fraction of sp³-hybridized carbons (Fsp3) is 0.190. The summed E-state index contributed by atoms with van der Waals surface area (Å²) in [7, 11) is 0. The van der Waals surface area contributed by atoms with Gasteiger partial charge in [-0.1, -0.05) is 48.5 Å². The number of esters is 1. The smallest absolute Gasteiger partial charge is 0.348 e. The normalized spacial score (nSPS) is 11.7. The maximum Gasteiger partial charge on any atom is 0.348 e. The van der Waals surface area contributed by atoms with Crippen molar-refractivity contribution in [2.45, 2.75) is 19.4 Å². The number of ketones is 1. The van der Waals surface area contributed by atoms with Crippen LogP contribution >= 0.6 is 11.3 Å². The zero-order chi connectivity index (χ0) is 19.2. The van der Waals surface area contributed by atoms with Gasteiger partial charge in [-0.05, 0) is 36.4 Å². The monoisotopic (exact) mass is 381 g/mol. The minimum Gasteiger partial charge on any atom is -0.451 e. The zero-order valence-electron chi connectivity index (χ0n) is 14.8. The summed E-state index contributed by atoms with van der Waals surface area (Å²) in [5.41, 5.74) is 0.945. The highest BCUT2D eigenvalue weighted by Gasteiger charge is 2.19. The maximum absolute atomic E-state index is 12.2. The van der Waals surface area contributed by atoms with Crippen molar-refractivity contribution in [1.29, 1.82) is 0 Å². The van der Waals surface area contributed by atoms with E-state index in [9.17, 15) is 14.4 Å². The van der Waals surface area contributed by atoms with Crippen LogP contribution in [-0.2, 0) is 20.7 Å². The predicted molar refractivity (Wildman–Crippen MR) is 105 cm³/mol. The number of carbonyl (C=O) groups is 3. The van der Waals surface area contributed by atoms with Gasteiger partial charge in [-0.2, -0.15) is 0 Å². The molecule has 27 heavy (non-hydrogen) atoms. The summed E-state index contributed by atoms with van der Waals surface area (Å²) in [6, 6.07) is 18.1. The molecule has 0 saturated carbocycles. The Morgan fingerprint density at radius 1 is 1.04 bits per heavy atom. The van der Waals surface area contributed by atoms with Crippen LogP contribution in [0.1, 0.15) is 22.2 Å². The maximum atomic E-state index is 12.2. The van der Waals surface area contributed by atoms with Gasteiger partial charge in [0.25, 0.3) is 5.91 Å². The zero-order valence-corrected chi connectivity index (χ0v) is 15.6. The standard InChI is InChI=1S/C21H19NO4S/c1-14(23)17(11-15-7-3-2-4-8-15)22-20(24)13-26-21(25)19-12-16-9-5-6-10-18(16)27-19/h2-10,12,17H,11,13H2,1H3,(H,22,24)/t17-/m0/s1. The lowest BCUT2D eigenvalue weighted by molar-refractivity contribution is -0.128. The lowest BCUT2D eigenvalue weighted by Crippen LogP contribution is -2.43. The molecular weight excluding hydrogens is 362 g/mol. The summed E-state index contributed by atoms with van der Waals surface area (Å²) in [5.74, 6) is -1.20. The van der Waals surface area contributed by atoms with Crippen molar-refractivity contribution < 1.29 is 19.1 Å². The average Bonchev–Trinajstić information content (AvgIpc) is 3.10. The van der Waals surface area contributed by atoms with Gasteiger partial charge in [-0.3, -0.25) is 9.59 Å². The molecule has 5 nitrogen and oxygen atoms in total. The average molecular weight is 381 g/mol. The second-order valence-corrected chi connectivity index (χ2v) is 7.23. The van der Waals surface area contributed by atoms with E-state index in [0.717, 1.165) is 15.6 Å². The van der Waals surface area contributed by atoms with E-state index in [1.54, 1.807) is 6.07 Å². The topological polar surface area (TPSA) is 72.5 Å². The Kier molecular flexibility index (Phi) is 5.98.